The minimum absolute atomic E-state index is 0.593. The molecule has 16 heavy (non-hydrogen) atoms. The molecule has 0 aliphatic carbocycles. The van der Waals surface area contributed by atoms with Gasteiger partial charge in [-0.1, -0.05) is 0 Å². The highest BCUT2D eigenvalue weighted by atomic mass is 32.1. The number of anilines is 1. The number of fused-ring (bicyclic) bond motifs is 1. The zero-order valence-electron chi connectivity index (χ0n) is 8.60. The molecule has 0 radical (unpaired) electrons. The van der Waals surface area contributed by atoms with Crippen molar-refractivity contribution < 1.29 is 4.42 Å². The van der Waals surface area contributed by atoms with Crippen LogP contribution in [-0.2, 0) is 0 Å². The van der Waals surface area contributed by atoms with Crippen molar-refractivity contribution in [1.29, 1.82) is 0 Å². The topological polar surface area (TPSA) is 64.9 Å². The van der Waals surface area contributed by atoms with E-state index in [2.05, 4.69) is 9.97 Å². The van der Waals surface area contributed by atoms with Crippen molar-refractivity contribution in [3.05, 3.63) is 29.4 Å². The third-order valence-corrected chi connectivity index (χ3v) is 3.39. The molecule has 0 saturated carbocycles. The third-order valence-electron chi connectivity index (χ3n) is 2.40. The van der Waals surface area contributed by atoms with E-state index in [1.807, 2.05) is 19.1 Å². The number of nitrogens with two attached hydrogens (primary N) is 1. The van der Waals surface area contributed by atoms with Crippen molar-refractivity contribution in [2.45, 2.75) is 6.92 Å². The predicted octanol–water partition coefficient (Wildman–Crippen LogP) is 2.84. The highest BCUT2D eigenvalue weighted by molar-refractivity contribution is 7.19. The molecule has 2 N–H and O–H groups in total. The van der Waals surface area contributed by atoms with E-state index >= 15 is 0 Å². The van der Waals surface area contributed by atoms with Gasteiger partial charge < -0.3 is 10.2 Å². The molecule has 0 aromatic carbocycles. The summed E-state index contributed by atoms with van der Waals surface area (Å²) in [4.78, 5) is 10.3. The lowest BCUT2D eigenvalue weighted by molar-refractivity contribution is 0.621. The Kier molecular flexibility index (Phi) is 1.94. The molecule has 0 saturated heterocycles. The molecular formula is C11H9N3OS. The van der Waals surface area contributed by atoms with Gasteiger partial charge in [-0.2, -0.15) is 4.98 Å². The molecule has 5 heteroatoms. The van der Waals surface area contributed by atoms with Crippen molar-refractivity contribution in [3.8, 4) is 11.5 Å². The summed E-state index contributed by atoms with van der Waals surface area (Å²) in [5, 5.41) is 0. The lowest BCUT2D eigenvalue weighted by Crippen LogP contribution is -1.82. The van der Waals surface area contributed by atoms with E-state index in [1.54, 1.807) is 23.7 Å². The van der Waals surface area contributed by atoms with E-state index in [4.69, 9.17) is 10.2 Å². The lowest BCUT2D eigenvalue weighted by atomic mass is 10.3. The van der Waals surface area contributed by atoms with Crippen molar-refractivity contribution in [2.75, 3.05) is 5.73 Å². The summed E-state index contributed by atoms with van der Waals surface area (Å²) in [5.74, 6) is 0.593. The summed E-state index contributed by atoms with van der Waals surface area (Å²) in [6.45, 7) is 1.96. The molecule has 4 nitrogen and oxygen atoms in total. The van der Waals surface area contributed by atoms with E-state index in [0.717, 1.165) is 15.3 Å². The Hall–Kier alpha value is -1.88. The summed E-state index contributed by atoms with van der Waals surface area (Å²) >= 11 is 1.55. The fourth-order valence-corrected chi connectivity index (χ4v) is 2.39. The minimum atomic E-state index is 0.593. The monoisotopic (exact) mass is 231 g/mol. The Morgan fingerprint density at radius 2 is 2.06 bits per heavy atom. The van der Waals surface area contributed by atoms with Crippen LogP contribution in [0.15, 0.2) is 28.9 Å². The van der Waals surface area contributed by atoms with Crippen LogP contribution in [0.3, 0.4) is 0 Å². The maximum Gasteiger partial charge on any atom is 0.228 e. The Morgan fingerprint density at radius 3 is 2.75 bits per heavy atom. The van der Waals surface area contributed by atoms with Crippen LogP contribution in [-0.4, -0.2) is 9.97 Å². The molecule has 0 bridgehead atoms. The number of oxazole rings is 1. The van der Waals surface area contributed by atoms with Gasteiger partial charge in [-0.15, -0.1) is 11.3 Å². The molecule has 3 heterocycles. The van der Waals surface area contributed by atoms with Crippen LogP contribution in [0, 0.1) is 6.92 Å². The molecule has 0 aliphatic rings. The van der Waals surface area contributed by atoms with Crippen molar-refractivity contribution in [3.63, 3.8) is 0 Å². The highest BCUT2D eigenvalue weighted by Crippen LogP contribution is 2.35. The number of rotatable bonds is 1. The Labute approximate surface area is 95.7 Å². The average Bonchev–Trinajstić information content (AvgIpc) is 2.82. The Bertz CT molecular complexity index is 642. The van der Waals surface area contributed by atoms with Gasteiger partial charge in [0.25, 0.3) is 0 Å². The number of aromatic nitrogens is 2. The van der Waals surface area contributed by atoms with E-state index in [0.29, 0.717) is 17.2 Å². The molecule has 3 aromatic heterocycles. The van der Waals surface area contributed by atoms with Gasteiger partial charge >= 0.3 is 0 Å². The summed E-state index contributed by atoms with van der Waals surface area (Å²) in [5.41, 5.74) is 8.18. The van der Waals surface area contributed by atoms with Crippen molar-refractivity contribution in [1.82, 2.24) is 9.97 Å². The molecule has 3 rings (SSSR count). The molecule has 0 spiro atoms. The first-order chi connectivity index (χ1) is 7.75. The maximum atomic E-state index is 5.89. The van der Waals surface area contributed by atoms with Crippen LogP contribution < -0.4 is 5.73 Å². The quantitative estimate of drug-likeness (QED) is 0.699. The summed E-state index contributed by atoms with van der Waals surface area (Å²) in [6.07, 6.45) is 3.42. The Balaban J connectivity index is 2.20. The average molecular weight is 231 g/mol. The second-order valence-corrected chi connectivity index (χ2v) is 4.66. The van der Waals surface area contributed by atoms with Crippen LogP contribution in [0.1, 0.15) is 4.88 Å². The second kappa shape index (κ2) is 3.31. The van der Waals surface area contributed by atoms with E-state index in [9.17, 15) is 0 Å². The van der Waals surface area contributed by atoms with Crippen LogP contribution in [0.2, 0.25) is 0 Å². The van der Waals surface area contributed by atoms with Crippen LogP contribution >= 0.6 is 11.3 Å². The fraction of sp³-hybridized carbons (Fsp3) is 0.0909. The maximum absolute atomic E-state index is 5.89. The Morgan fingerprint density at radius 1 is 1.31 bits per heavy atom. The highest BCUT2D eigenvalue weighted by Gasteiger charge is 2.14. The SMILES string of the molecule is Cc1sc2nc(-c3ccncc3)oc2c1N. The van der Waals surface area contributed by atoms with Gasteiger partial charge in [-0.3, -0.25) is 4.98 Å². The third kappa shape index (κ3) is 1.29. The smallest absolute Gasteiger partial charge is 0.228 e. The van der Waals surface area contributed by atoms with Gasteiger partial charge in [0, 0.05) is 22.8 Å². The van der Waals surface area contributed by atoms with Gasteiger partial charge in [0.15, 0.2) is 10.4 Å². The molecule has 3 aromatic rings. The first kappa shape index (κ1) is 9.35. The zero-order chi connectivity index (χ0) is 11.1. The van der Waals surface area contributed by atoms with E-state index in [-0.39, 0.29) is 0 Å². The van der Waals surface area contributed by atoms with Crippen LogP contribution in [0.4, 0.5) is 5.69 Å². The fourth-order valence-electron chi connectivity index (χ4n) is 1.52. The van der Waals surface area contributed by atoms with Gasteiger partial charge in [-0.25, -0.2) is 0 Å². The first-order valence-electron chi connectivity index (χ1n) is 4.81. The number of nitrogen functional groups attached to an aromatic ring is 1. The number of nitrogens with zero attached hydrogens (tertiary/aromatic N) is 2. The van der Waals surface area contributed by atoms with Crippen LogP contribution in [0.5, 0.6) is 0 Å². The van der Waals surface area contributed by atoms with Crippen molar-refractivity contribution >= 4 is 27.4 Å². The van der Waals surface area contributed by atoms with Gasteiger partial charge in [-0.05, 0) is 19.1 Å². The van der Waals surface area contributed by atoms with E-state index in [1.165, 1.54) is 0 Å². The zero-order valence-corrected chi connectivity index (χ0v) is 9.41. The van der Waals surface area contributed by atoms with E-state index < -0.39 is 0 Å². The molecule has 80 valence electrons. The molecule has 0 atom stereocenters. The molecule has 0 fully saturated rings. The lowest BCUT2D eigenvalue weighted by Gasteiger charge is -1.92. The second-order valence-electron chi connectivity index (χ2n) is 3.46. The molecule has 0 aliphatic heterocycles. The molecule has 0 amide bonds. The number of thiophene rings is 1. The van der Waals surface area contributed by atoms with Crippen LogP contribution in [0.25, 0.3) is 21.9 Å². The standard InChI is InChI=1S/C11H9N3OS/c1-6-8(12)9-11(16-6)14-10(15-9)7-2-4-13-5-3-7/h2-5H,12H2,1H3. The molecule has 0 unspecified atom stereocenters. The number of hydrogen-bond acceptors (Lipinski definition) is 5. The van der Waals surface area contributed by atoms with Gasteiger partial charge in [0.05, 0.1) is 5.69 Å². The normalized spacial score (nSPS) is 11.1. The summed E-state index contributed by atoms with van der Waals surface area (Å²) < 4.78 is 5.65. The summed E-state index contributed by atoms with van der Waals surface area (Å²) in [7, 11) is 0. The minimum Gasteiger partial charge on any atom is -0.433 e. The van der Waals surface area contributed by atoms with Gasteiger partial charge in [0.2, 0.25) is 5.89 Å². The van der Waals surface area contributed by atoms with Crippen molar-refractivity contribution in [2.24, 2.45) is 0 Å². The first-order valence-corrected chi connectivity index (χ1v) is 5.63. The summed E-state index contributed by atoms with van der Waals surface area (Å²) in [6, 6.07) is 3.72. The molecular weight excluding hydrogens is 222 g/mol. The number of aryl methyl sites for hydroxylation is 1. The predicted molar refractivity (Wildman–Crippen MR) is 64.3 cm³/mol. The number of pyridine rings is 1. The number of hydrogen-bond donors (Lipinski definition) is 1. The van der Waals surface area contributed by atoms with Gasteiger partial charge in [0.1, 0.15) is 0 Å². The largest absolute Gasteiger partial charge is 0.433 e.